The van der Waals surface area contributed by atoms with Crippen LogP contribution >= 0.6 is 0 Å². The molecule has 3 heteroatoms. The quantitative estimate of drug-likeness (QED) is 0.415. The Morgan fingerprint density at radius 3 is 3.07 bits per heavy atom. The van der Waals surface area contributed by atoms with Gasteiger partial charge < -0.3 is 9.64 Å². The number of carbonyl (C=O) groups excluding carboxylic acids is 1. The summed E-state index contributed by atoms with van der Waals surface area (Å²) in [5.74, 6) is 2.17. The summed E-state index contributed by atoms with van der Waals surface area (Å²) >= 11 is 0. The predicted molar refractivity (Wildman–Crippen MR) is 49.1 cm³/mol. The Labute approximate surface area is 82.7 Å². The number of nitrogens with zero attached hydrogens (tertiary/aromatic N) is 1. The average Bonchev–Trinajstić information content (AvgIpc) is 2.72. The molecule has 6 atom stereocenters. The van der Waals surface area contributed by atoms with E-state index in [0.717, 1.165) is 0 Å². The number of likely N-dealkylation sites (tertiary alicyclic amines) is 1. The van der Waals surface area contributed by atoms with E-state index in [2.05, 4.69) is 12.2 Å². The van der Waals surface area contributed by atoms with Gasteiger partial charge in [-0.3, -0.25) is 4.79 Å². The van der Waals surface area contributed by atoms with Crippen molar-refractivity contribution in [1.29, 1.82) is 0 Å². The van der Waals surface area contributed by atoms with E-state index in [1.807, 2.05) is 7.05 Å². The van der Waals surface area contributed by atoms with E-state index in [0.29, 0.717) is 29.8 Å². The summed E-state index contributed by atoms with van der Waals surface area (Å²) in [6.45, 7) is 0. The van der Waals surface area contributed by atoms with Crippen LogP contribution in [0.2, 0.25) is 0 Å². The van der Waals surface area contributed by atoms with Crippen LogP contribution in [0.3, 0.4) is 0 Å². The highest BCUT2D eigenvalue weighted by atomic mass is 16.6. The molecule has 4 aliphatic rings. The van der Waals surface area contributed by atoms with Gasteiger partial charge in [0, 0.05) is 13.0 Å². The van der Waals surface area contributed by atoms with Crippen LogP contribution in [0.1, 0.15) is 6.42 Å². The minimum Gasteiger partial charge on any atom is -0.347 e. The predicted octanol–water partition coefficient (Wildman–Crippen LogP) is 0.622. The second kappa shape index (κ2) is 2.06. The first-order valence-electron chi connectivity index (χ1n) is 5.38. The fraction of sp³-hybridized carbons (Fsp3) is 0.727. The number of epoxide rings is 1. The van der Waals surface area contributed by atoms with Gasteiger partial charge in [0.2, 0.25) is 5.91 Å². The summed E-state index contributed by atoms with van der Waals surface area (Å²) in [5.41, 5.74) is 0. The van der Waals surface area contributed by atoms with Gasteiger partial charge >= 0.3 is 0 Å². The third-order valence-electron chi connectivity index (χ3n) is 4.42. The Bertz CT molecular complexity index is 351. The van der Waals surface area contributed by atoms with Crippen LogP contribution in [0.15, 0.2) is 12.2 Å². The van der Waals surface area contributed by atoms with E-state index in [-0.39, 0.29) is 12.1 Å². The molecule has 6 unspecified atom stereocenters. The van der Waals surface area contributed by atoms with Crippen molar-refractivity contribution in [2.45, 2.75) is 18.8 Å². The number of allylic oxidation sites excluding steroid dienone is 2. The molecule has 0 aromatic heterocycles. The fourth-order valence-electron chi connectivity index (χ4n) is 3.72. The number of ether oxygens (including phenoxy) is 1. The largest absolute Gasteiger partial charge is 0.347 e. The highest BCUT2D eigenvalue weighted by Gasteiger charge is 2.64. The summed E-state index contributed by atoms with van der Waals surface area (Å²) in [7, 11) is 1.87. The van der Waals surface area contributed by atoms with Gasteiger partial charge in [0.05, 0.1) is 5.92 Å². The molecule has 3 nitrogen and oxygen atoms in total. The highest BCUT2D eigenvalue weighted by Crippen LogP contribution is 2.57. The fourth-order valence-corrected chi connectivity index (χ4v) is 3.72. The Hall–Kier alpha value is -0.830. The Morgan fingerprint density at radius 1 is 1.43 bits per heavy atom. The van der Waals surface area contributed by atoms with Crippen LogP contribution in [-0.2, 0) is 9.53 Å². The molecule has 0 radical (unpaired) electrons. The molecule has 2 aliphatic heterocycles. The number of hydrogen-bond donors (Lipinski definition) is 0. The Kier molecular flexibility index (Phi) is 1.10. The Morgan fingerprint density at radius 2 is 2.21 bits per heavy atom. The van der Waals surface area contributed by atoms with E-state index in [1.54, 1.807) is 4.90 Å². The number of fused-ring (bicyclic) bond motifs is 7. The van der Waals surface area contributed by atoms with Crippen LogP contribution in [0.25, 0.3) is 0 Å². The maximum atomic E-state index is 12.0. The molecule has 14 heavy (non-hydrogen) atoms. The molecule has 74 valence electrons. The van der Waals surface area contributed by atoms with Crippen LogP contribution in [0.4, 0.5) is 0 Å². The van der Waals surface area contributed by atoms with E-state index in [4.69, 9.17) is 4.74 Å². The lowest BCUT2D eigenvalue weighted by Gasteiger charge is -2.33. The van der Waals surface area contributed by atoms with E-state index in [1.165, 1.54) is 6.42 Å². The van der Waals surface area contributed by atoms with Crippen molar-refractivity contribution in [3.8, 4) is 0 Å². The Balaban J connectivity index is 1.80. The lowest BCUT2D eigenvalue weighted by molar-refractivity contribution is -0.140. The number of likely N-dealkylation sites (N-methyl/N-ethyl adjacent to an activating group) is 1. The SMILES string of the molecule is CN1C(=O)C2C3C=CC(C3)C2C2OC21. The highest BCUT2D eigenvalue weighted by molar-refractivity contribution is 5.82. The monoisotopic (exact) mass is 191 g/mol. The molecule has 4 rings (SSSR count). The molecular weight excluding hydrogens is 178 g/mol. The van der Waals surface area contributed by atoms with Gasteiger partial charge in [-0.1, -0.05) is 12.2 Å². The summed E-state index contributed by atoms with van der Waals surface area (Å²) in [6.07, 6.45) is 6.17. The van der Waals surface area contributed by atoms with Crippen molar-refractivity contribution in [1.82, 2.24) is 4.90 Å². The van der Waals surface area contributed by atoms with Crippen molar-refractivity contribution < 1.29 is 9.53 Å². The summed E-state index contributed by atoms with van der Waals surface area (Å²) < 4.78 is 5.60. The van der Waals surface area contributed by atoms with Crippen LogP contribution in [0.5, 0.6) is 0 Å². The van der Waals surface area contributed by atoms with Crippen molar-refractivity contribution in [3.63, 3.8) is 0 Å². The molecule has 2 aliphatic carbocycles. The molecule has 3 fully saturated rings. The number of amides is 1. The number of rotatable bonds is 0. The molecule has 1 amide bonds. The normalized spacial score (nSPS) is 57.5. The lowest BCUT2D eigenvalue weighted by Crippen LogP contribution is -2.47. The van der Waals surface area contributed by atoms with Crippen molar-refractivity contribution in [2.24, 2.45) is 23.7 Å². The van der Waals surface area contributed by atoms with Crippen LogP contribution in [0, 0.1) is 23.7 Å². The van der Waals surface area contributed by atoms with Gasteiger partial charge in [-0.25, -0.2) is 0 Å². The standard InChI is InChI=1S/C11H13NO2/c1-12-10(13)8-6-3-2-5(4-6)7(8)9-11(12)14-9/h2-3,5-9,11H,4H2,1H3. The molecule has 0 N–H and O–H groups in total. The summed E-state index contributed by atoms with van der Waals surface area (Å²) in [5, 5.41) is 0. The molecule has 0 aromatic rings. The third kappa shape index (κ3) is 0.650. The average molecular weight is 191 g/mol. The minimum atomic E-state index is 0.108. The van der Waals surface area contributed by atoms with Crippen molar-refractivity contribution >= 4 is 5.91 Å². The minimum absolute atomic E-state index is 0.108. The van der Waals surface area contributed by atoms with Crippen molar-refractivity contribution in [2.75, 3.05) is 7.05 Å². The molecule has 2 saturated heterocycles. The molecule has 2 bridgehead atoms. The molecule has 1 saturated carbocycles. The summed E-state index contributed by atoms with van der Waals surface area (Å²) in [4.78, 5) is 13.9. The molecule has 2 heterocycles. The number of piperidine rings is 1. The van der Waals surface area contributed by atoms with Crippen LogP contribution < -0.4 is 0 Å². The first-order valence-corrected chi connectivity index (χ1v) is 5.38. The smallest absolute Gasteiger partial charge is 0.228 e. The second-order valence-corrected chi connectivity index (χ2v) is 4.99. The van der Waals surface area contributed by atoms with E-state index >= 15 is 0 Å². The summed E-state index contributed by atoms with van der Waals surface area (Å²) in [6, 6.07) is 0. The molecular formula is C11H13NO2. The first kappa shape index (κ1) is 7.46. The van der Waals surface area contributed by atoms with Crippen molar-refractivity contribution in [3.05, 3.63) is 12.2 Å². The maximum absolute atomic E-state index is 12.0. The topological polar surface area (TPSA) is 32.8 Å². The van der Waals surface area contributed by atoms with Gasteiger partial charge in [-0.2, -0.15) is 0 Å². The second-order valence-electron chi connectivity index (χ2n) is 4.99. The lowest BCUT2D eigenvalue weighted by atomic mass is 9.77. The van der Waals surface area contributed by atoms with E-state index < -0.39 is 0 Å². The van der Waals surface area contributed by atoms with Gasteiger partial charge in [-0.05, 0) is 18.3 Å². The zero-order valence-corrected chi connectivity index (χ0v) is 8.09. The molecule has 0 spiro atoms. The number of hydrogen-bond acceptors (Lipinski definition) is 2. The van der Waals surface area contributed by atoms with Gasteiger partial charge in [0.25, 0.3) is 0 Å². The maximum Gasteiger partial charge on any atom is 0.228 e. The first-order chi connectivity index (χ1) is 6.77. The molecule has 0 aromatic carbocycles. The number of carbonyl (C=O) groups is 1. The van der Waals surface area contributed by atoms with Gasteiger partial charge in [0.1, 0.15) is 6.10 Å². The van der Waals surface area contributed by atoms with Gasteiger partial charge in [-0.15, -0.1) is 0 Å². The van der Waals surface area contributed by atoms with E-state index in [9.17, 15) is 4.79 Å². The zero-order chi connectivity index (χ0) is 9.45. The third-order valence-corrected chi connectivity index (χ3v) is 4.42. The van der Waals surface area contributed by atoms with Gasteiger partial charge in [0.15, 0.2) is 6.23 Å². The van der Waals surface area contributed by atoms with Crippen LogP contribution in [-0.4, -0.2) is 30.2 Å². The zero-order valence-electron chi connectivity index (χ0n) is 8.09.